The summed E-state index contributed by atoms with van der Waals surface area (Å²) < 4.78 is 2.11. The Balaban J connectivity index is 1.66. The molecule has 24 heavy (non-hydrogen) atoms. The quantitative estimate of drug-likeness (QED) is 0.803. The van der Waals surface area contributed by atoms with Crippen LogP contribution in [-0.2, 0) is 7.05 Å². The summed E-state index contributed by atoms with van der Waals surface area (Å²) in [4.78, 5) is 17.2. The van der Waals surface area contributed by atoms with Gasteiger partial charge >= 0.3 is 0 Å². The Hall–Kier alpha value is -3.13. The number of aromatic nitrogens is 2. The molecular weight excluding hydrogens is 300 g/mol. The third-order valence-corrected chi connectivity index (χ3v) is 4.42. The first-order valence-corrected chi connectivity index (χ1v) is 7.94. The zero-order valence-electron chi connectivity index (χ0n) is 13.3. The first-order valence-electron chi connectivity index (χ1n) is 7.94. The van der Waals surface area contributed by atoms with Crippen molar-refractivity contribution >= 4 is 22.6 Å². The summed E-state index contributed by atoms with van der Waals surface area (Å²) in [5.41, 5.74) is 3.37. The largest absolute Gasteiger partial charge is 0.331 e. The fraction of sp³-hybridized carbons (Fsp3) is 0.211. The van der Waals surface area contributed by atoms with Crippen LogP contribution >= 0.6 is 0 Å². The molecule has 0 saturated heterocycles. The molecule has 1 fully saturated rings. The summed E-state index contributed by atoms with van der Waals surface area (Å²) >= 11 is 0. The number of fused-ring (bicyclic) bond motifs is 1. The Morgan fingerprint density at radius 1 is 1.29 bits per heavy atom. The smallest absolute Gasteiger partial charge is 0.255 e. The predicted octanol–water partition coefficient (Wildman–Crippen LogP) is 3.57. The lowest BCUT2D eigenvalue weighted by atomic mass is 10.1. The number of amides is 1. The number of para-hydroxylation sites is 1. The van der Waals surface area contributed by atoms with Gasteiger partial charge in [0.25, 0.3) is 5.91 Å². The molecule has 0 aliphatic heterocycles. The van der Waals surface area contributed by atoms with E-state index >= 15 is 0 Å². The zero-order chi connectivity index (χ0) is 16.7. The molecule has 1 saturated carbocycles. The molecular formula is C19H16N4O. The number of aryl methyl sites for hydroxylation is 1. The molecule has 0 radical (unpaired) electrons. The van der Waals surface area contributed by atoms with Crippen molar-refractivity contribution in [1.29, 1.82) is 5.26 Å². The number of hydrogen-bond acceptors (Lipinski definition) is 3. The number of carbonyl (C=O) groups excluding carboxylic acids is 1. The second kappa shape index (κ2) is 5.50. The Bertz CT molecular complexity index is 992. The van der Waals surface area contributed by atoms with Gasteiger partial charge in [-0.2, -0.15) is 5.26 Å². The zero-order valence-corrected chi connectivity index (χ0v) is 13.3. The van der Waals surface area contributed by atoms with Crippen LogP contribution in [0.3, 0.4) is 0 Å². The van der Waals surface area contributed by atoms with E-state index in [9.17, 15) is 4.79 Å². The normalized spacial score (nSPS) is 13.7. The molecule has 1 heterocycles. The van der Waals surface area contributed by atoms with Crippen molar-refractivity contribution in [3.8, 4) is 6.07 Å². The lowest BCUT2D eigenvalue weighted by Crippen LogP contribution is -2.12. The van der Waals surface area contributed by atoms with Gasteiger partial charge in [0.2, 0.25) is 0 Å². The van der Waals surface area contributed by atoms with Crippen molar-refractivity contribution in [2.45, 2.75) is 18.8 Å². The maximum atomic E-state index is 12.5. The Morgan fingerprint density at radius 3 is 2.83 bits per heavy atom. The molecule has 1 N–H and O–H groups in total. The minimum atomic E-state index is -0.238. The molecule has 3 aromatic rings. The summed E-state index contributed by atoms with van der Waals surface area (Å²) in [6.45, 7) is 0. The number of anilines is 1. The fourth-order valence-electron chi connectivity index (χ4n) is 2.95. The third kappa shape index (κ3) is 2.42. The predicted molar refractivity (Wildman–Crippen MR) is 91.8 cm³/mol. The highest BCUT2D eigenvalue weighted by Crippen LogP contribution is 2.40. The highest BCUT2D eigenvalue weighted by atomic mass is 16.1. The van der Waals surface area contributed by atoms with Crippen molar-refractivity contribution < 1.29 is 4.79 Å². The number of nitrogens with zero attached hydrogens (tertiary/aromatic N) is 3. The van der Waals surface area contributed by atoms with Crippen molar-refractivity contribution in [3.05, 3.63) is 59.4 Å². The van der Waals surface area contributed by atoms with Crippen LogP contribution in [0.15, 0.2) is 42.5 Å². The molecule has 1 amide bonds. The minimum Gasteiger partial charge on any atom is -0.331 e. The highest BCUT2D eigenvalue weighted by molar-refractivity contribution is 6.06. The molecule has 0 spiro atoms. The van der Waals surface area contributed by atoms with E-state index in [1.807, 2.05) is 19.2 Å². The Labute approximate surface area is 139 Å². The SMILES string of the molecule is Cn1c(C2CC2)nc2cc(C(=O)Nc3ccccc3C#N)ccc21. The van der Waals surface area contributed by atoms with Crippen molar-refractivity contribution in [1.82, 2.24) is 9.55 Å². The van der Waals surface area contributed by atoms with E-state index in [0.717, 1.165) is 16.9 Å². The fourth-order valence-corrected chi connectivity index (χ4v) is 2.95. The molecule has 118 valence electrons. The number of imidazole rings is 1. The van der Waals surface area contributed by atoms with Gasteiger partial charge in [0.05, 0.1) is 22.3 Å². The van der Waals surface area contributed by atoms with E-state index in [4.69, 9.17) is 5.26 Å². The van der Waals surface area contributed by atoms with Crippen LogP contribution in [-0.4, -0.2) is 15.5 Å². The lowest BCUT2D eigenvalue weighted by molar-refractivity contribution is 0.102. The summed E-state index contributed by atoms with van der Waals surface area (Å²) in [5.74, 6) is 1.41. The number of hydrogen-bond donors (Lipinski definition) is 1. The summed E-state index contributed by atoms with van der Waals surface area (Å²) in [5, 5.41) is 11.9. The second-order valence-electron chi connectivity index (χ2n) is 6.12. The number of nitrogens with one attached hydrogen (secondary N) is 1. The lowest BCUT2D eigenvalue weighted by Gasteiger charge is -2.07. The van der Waals surface area contributed by atoms with Crippen LogP contribution in [0.5, 0.6) is 0 Å². The van der Waals surface area contributed by atoms with Gasteiger partial charge in [-0.25, -0.2) is 4.98 Å². The number of benzene rings is 2. The van der Waals surface area contributed by atoms with E-state index in [2.05, 4.69) is 20.9 Å². The number of carbonyl (C=O) groups is 1. The maximum absolute atomic E-state index is 12.5. The topological polar surface area (TPSA) is 70.7 Å². The van der Waals surface area contributed by atoms with Crippen LogP contribution < -0.4 is 5.32 Å². The molecule has 0 unspecified atom stereocenters. The van der Waals surface area contributed by atoms with Gasteiger partial charge < -0.3 is 9.88 Å². The highest BCUT2D eigenvalue weighted by Gasteiger charge is 2.28. The van der Waals surface area contributed by atoms with E-state index in [1.54, 1.807) is 30.3 Å². The van der Waals surface area contributed by atoms with Gasteiger partial charge in [0.1, 0.15) is 11.9 Å². The average molecular weight is 316 g/mol. The second-order valence-corrected chi connectivity index (χ2v) is 6.12. The summed E-state index contributed by atoms with van der Waals surface area (Å²) in [6, 6.07) is 14.6. The van der Waals surface area contributed by atoms with Gasteiger partial charge in [-0.05, 0) is 43.2 Å². The van der Waals surface area contributed by atoms with E-state index < -0.39 is 0 Å². The van der Waals surface area contributed by atoms with Gasteiger partial charge in [0.15, 0.2) is 0 Å². The van der Waals surface area contributed by atoms with Crippen molar-refractivity contribution in [3.63, 3.8) is 0 Å². The van der Waals surface area contributed by atoms with E-state index in [0.29, 0.717) is 22.7 Å². The Morgan fingerprint density at radius 2 is 2.08 bits per heavy atom. The molecule has 2 aromatic carbocycles. The van der Waals surface area contributed by atoms with Gasteiger partial charge in [-0.15, -0.1) is 0 Å². The molecule has 1 aliphatic rings. The minimum absolute atomic E-state index is 0.238. The molecule has 1 aromatic heterocycles. The molecule has 5 nitrogen and oxygen atoms in total. The van der Waals surface area contributed by atoms with Crippen molar-refractivity contribution in [2.75, 3.05) is 5.32 Å². The van der Waals surface area contributed by atoms with Gasteiger partial charge in [-0.1, -0.05) is 12.1 Å². The number of nitriles is 1. The van der Waals surface area contributed by atoms with Crippen LogP contribution in [0.2, 0.25) is 0 Å². The Kier molecular flexibility index (Phi) is 3.31. The molecule has 4 rings (SSSR count). The first kappa shape index (κ1) is 14.5. The molecule has 5 heteroatoms. The molecule has 0 atom stereocenters. The summed E-state index contributed by atoms with van der Waals surface area (Å²) in [6.07, 6.45) is 2.38. The molecule has 0 bridgehead atoms. The third-order valence-electron chi connectivity index (χ3n) is 4.42. The van der Waals surface area contributed by atoms with Crippen LogP contribution in [0.1, 0.15) is 40.5 Å². The standard InChI is InChI=1S/C19H16N4O/c1-23-17-9-8-13(10-16(17)21-18(23)12-6-7-12)19(24)22-15-5-3-2-4-14(15)11-20/h2-5,8-10,12H,6-7H2,1H3,(H,22,24). The molecule has 1 aliphatic carbocycles. The average Bonchev–Trinajstić information content (AvgIpc) is 3.39. The van der Waals surface area contributed by atoms with E-state index in [-0.39, 0.29) is 5.91 Å². The van der Waals surface area contributed by atoms with E-state index in [1.165, 1.54) is 12.8 Å². The van der Waals surface area contributed by atoms with Gasteiger partial charge in [-0.3, -0.25) is 4.79 Å². The van der Waals surface area contributed by atoms with Crippen LogP contribution in [0, 0.1) is 11.3 Å². The first-order chi connectivity index (χ1) is 11.7. The maximum Gasteiger partial charge on any atom is 0.255 e. The van der Waals surface area contributed by atoms with Crippen LogP contribution in [0.4, 0.5) is 5.69 Å². The summed E-state index contributed by atoms with van der Waals surface area (Å²) in [7, 11) is 2.02. The monoisotopic (exact) mass is 316 g/mol. The van der Waals surface area contributed by atoms with Crippen molar-refractivity contribution in [2.24, 2.45) is 7.05 Å². The number of rotatable bonds is 3. The van der Waals surface area contributed by atoms with Crippen LogP contribution in [0.25, 0.3) is 11.0 Å². The van der Waals surface area contributed by atoms with Gasteiger partial charge in [0, 0.05) is 18.5 Å².